The van der Waals surface area contributed by atoms with Gasteiger partial charge in [-0.15, -0.1) is 0 Å². The molecule has 1 aromatic rings. The summed E-state index contributed by atoms with van der Waals surface area (Å²) in [6.45, 7) is 5.66. The number of nitrogens with one attached hydrogen (secondary N) is 1. The zero-order valence-electron chi connectivity index (χ0n) is 16.5. The third kappa shape index (κ3) is 4.18. The molecule has 7 nitrogen and oxygen atoms in total. The molecule has 2 heterocycles. The van der Waals surface area contributed by atoms with Crippen LogP contribution in [-0.4, -0.2) is 79.1 Å². The molecule has 3 rings (SSSR count). The van der Waals surface area contributed by atoms with Crippen molar-refractivity contribution in [3.63, 3.8) is 0 Å². The predicted molar refractivity (Wildman–Crippen MR) is 105 cm³/mol. The van der Waals surface area contributed by atoms with Crippen molar-refractivity contribution in [2.45, 2.75) is 31.7 Å². The molecule has 3 amide bonds. The molecular formula is C20H30N4O3. The van der Waals surface area contributed by atoms with Gasteiger partial charge in [0.25, 0.3) is 0 Å². The number of anilines is 1. The Morgan fingerprint density at radius 3 is 2.81 bits per heavy atom. The van der Waals surface area contributed by atoms with Gasteiger partial charge in [0, 0.05) is 56.4 Å². The normalized spacial score (nSPS) is 24.0. The third-order valence-electron chi connectivity index (χ3n) is 5.99. The molecule has 0 aromatic heterocycles. The van der Waals surface area contributed by atoms with Crippen LogP contribution in [0.5, 0.6) is 5.75 Å². The van der Waals surface area contributed by atoms with E-state index in [0.29, 0.717) is 25.3 Å². The monoisotopic (exact) mass is 374 g/mol. The Morgan fingerprint density at radius 2 is 2.07 bits per heavy atom. The maximum absolute atomic E-state index is 12.8. The average molecular weight is 374 g/mol. The molecule has 0 saturated carbocycles. The Hall–Kier alpha value is -2.28. The number of piperazine rings is 1. The van der Waals surface area contributed by atoms with E-state index in [2.05, 4.69) is 17.3 Å². The second-order valence-electron chi connectivity index (χ2n) is 7.45. The highest BCUT2D eigenvalue weighted by Gasteiger charge is 2.43. The number of likely N-dealkylation sites (N-methyl/N-ethyl adjacent to an activating group) is 1. The fourth-order valence-electron chi connectivity index (χ4n) is 4.10. The second-order valence-corrected chi connectivity index (χ2v) is 7.45. The fourth-order valence-corrected chi connectivity index (χ4v) is 4.10. The molecule has 2 aliphatic heterocycles. The van der Waals surface area contributed by atoms with Crippen LogP contribution in [-0.2, 0) is 4.79 Å². The fraction of sp³-hybridized carbons (Fsp3) is 0.600. The summed E-state index contributed by atoms with van der Waals surface area (Å²) in [5.74, 6) is 0.935. The second kappa shape index (κ2) is 8.17. The number of hydrogen-bond donors (Lipinski definition) is 1. The molecule has 1 spiro atoms. The van der Waals surface area contributed by atoms with Gasteiger partial charge in [-0.1, -0.05) is 6.07 Å². The van der Waals surface area contributed by atoms with E-state index in [1.54, 1.807) is 7.11 Å². The summed E-state index contributed by atoms with van der Waals surface area (Å²) in [5, 5.41) is 2.98. The molecular weight excluding hydrogens is 344 g/mol. The highest BCUT2D eigenvalue weighted by atomic mass is 16.5. The molecule has 0 aliphatic carbocycles. The van der Waals surface area contributed by atoms with Crippen LogP contribution >= 0.6 is 0 Å². The van der Waals surface area contributed by atoms with E-state index >= 15 is 0 Å². The quantitative estimate of drug-likeness (QED) is 0.881. The minimum Gasteiger partial charge on any atom is -0.497 e. The van der Waals surface area contributed by atoms with Crippen molar-refractivity contribution in [3.05, 3.63) is 24.3 Å². The molecule has 2 saturated heterocycles. The number of ether oxygens (including phenoxy) is 1. The number of amides is 3. The van der Waals surface area contributed by atoms with Crippen molar-refractivity contribution >= 4 is 17.6 Å². The molecule has 1 aromatic carbocycles. The molecule has 2 fully saturated rings. The first kappa shape index (κ1) is 19.5. The minimum atomic E-state index is -0.135. The van der Waals surface area contributed by atoms with Gasteiger partial charge in [-0.05, 0) is 38.9 Å². The molecule has 27 heavy (non-hydrogen) atoms. The van der Waals surface area contributed by atoms with Gasteiger partial charge in [-0.25, -0.2) is 4.79 Å². The van der Waals surface area contributed by atoms with E-state index < -0.39 is 0 Å². The average Bonchev–Trinajstić information content (AvgIpc) is 2.84. The number of methoxy groups -OCH3 is 1. The summed E-state index contributed by atoms with van der Waals surface area (Å²) >= 11 is 0. The molecule has 148 valence electrons. The van der Waals surface area contributed by atoms with Crippen molar-refractivity contribution in [2.75, 3.05) is 52.2 Å². The van der Waals surface area contributed by atoms with Crippen molar-refractivity contribution in [1.82, 2.24) is 14.7 Å². The molecule has 2 aliphatic rings. The lowest BCUT2D eigenvalue weighted by molar-refractivity contribution is -0.130. The number of urea groups is 1. The summed E-state index contributed by atoms with van der Waals surface area (Å²) in [5.41, 5.74) is 0.587. The van der Waals surface area contributed by atoms with Crippen molar-refractivity contribution < 1.29 is 14.3 Å². The van der Waals surface area contributed by atoms with Crippen molar-refractivity contribution in [3.8, 4) is 5.75 Å². The van der Waals surface area contributed by atoms with E-state index in [-0.39, 0.29) is 17.5 Å². The first-order chi connectivity index (χ1) is 13.0. The van der Waals surface area contributed by atoms with E-state index in [0.717, 1.165) is 38.2 Å². The van der Waals surface area contributed by atoms with E-state index in [1.807, 2.05) is 41.0 Å². The molecule has 0 radical (unpaired) electrons. The lowest BCUT2D eigenvalue weighted by Gasteiger charge is -2.49. The molecule has 0 bridgehead atoms. The Balaban J connectivity index is 1.70. The Kier molecular flexibility index (Phi) is 5.89. The molecule has 1 atom stereocenters. The molecule has 1 unspecified atom stereocenters. The zero-order chi connectivity index (χ0) is 19.4. The number of carbonyl (C=O) groups is 2. The first-order valence-electron chi connectivity index (χ1n) is 9.66. The number of hydrogen-bond acceptors (Lipinski definition) is 4. The lowest BCUT2D eigenvalue weighted by atomic mass is 9.86. The Bertz CT molecular complexity index is 696. The highest BCUT2D eigenvalue weighted by Crippen LogP contribution is 2.32. The van der Waals surface area contributed by atoms with Gasteiger partial charge in [0.2, 0.25) is 5.91 Å². The zero-order valence-corrected chi connectivity index (χ0v) is 16.5. The van der Waals surface area contributed by atoms with Gasteiger partial charge < -0.3 is 19.9 Å². The number of benzene rings is 1. The molecule has 7 heteroatoms. The van der Waals surface area contributed by atoms with Gasteiger partial charge in [0.1, 0.15) is 5.75 Å². The Morgan fingerprint density at radius 1 is 1.26 bits per heavy atom. The van der Waals surface area contributed by atoms with Gasteiger partial charge in [0.05, 0.1) is 7.11 Å². The number of rotatable bonds is 3. The van der Waals surface area contributed by atoms with Gasteiger partial charge in [-0.2, -0.15) is 0 Å². The Labute approximate surface area is 161 Å². The first-order valence-corrected chi connectivity index (χ1v) is 9.66. The minimum absolute atomic E-state index is 0.0985. The van der Waals surface area contributed by atoms with Crippen LogP contribution in [0.1, 0.15) is 26.2 Å². The third-order valence-corrected chi connectivity index (χ3v) is 5.99. The van der Waals surface area contributed by atoms with Crippen LogP contribution < -0.4 is 10.1 Å². The summed E-state index contributed by atoms with van der Waals surface area (Å²) in [7, 11) is 3.72. The standard InChI is InChI=1S/C20H30N4O3/c1-4-23-11-10-20(9-8-18(23)25)15-24(13-12-22(20)2)19(26)21-16-6-5-7-17(14-16)27-3/h5-7,14H,4,8-13,15H2,1-3H3,(H,21,26). The summed E-state index contributed by atoms with van der Waals surface area (Å²) in [6.07, 6.45) is 2.23. The maximum atomic E-state index is 12.8. The van der Waals surface area contributed by atoms with Gasteiger partial charge in [-0.3, -0.25) is 9.69 Å². The summed E-state index contributed by atoms with van der Waals surface area (Å²) in [4.78, 5) is 31.3. The summed E-state index contributed by atoms with van der Waals surface area (Å²) < 4.78 is 5.22. The lowest BCUT2D eigenvalue weighted by Crippen LogP contribution is -2.62. The van der Waals surface area contributed by atoms with E-state index in [9.17, 15) is 9.59 Å². The smallest absolute Gasteiger partial charge is 0.321 e. The number of nitrogens with zero attached hydrogens (tertiary/aromatic N) is 3. The van der Waals surface area contributed by atoms with Crippen LogP contribution in [0.25, 0.3) is 0 Å². The van der Waals surface area contributed by atoms with Crippen LogP contribution in [0, 0.1) is 0 Å². The number of carbonyl (C=O) groups excluding carboxylic acids is 2. The van der Waals surface area contributed by atoms with Gasteiger partial charge in [0.15, 0.2) is 0 Å². The van der Waals surface area contributed by atoms with Crippen LogP contribution in [0.4, 0.5) is 10.5 Å². The predicted octanol–water partition coefficient (Wildman–Crippen LogP) is 2.25. The van der Waals surface area contributed by atoms with Crippen LogP contribution in [0.3, 0.4) is 0 Å². The molecule has 1 N–H and O–H groups in total. The SMILES string of the molecule is CCN1CCC2(CCC1=O)CN(C(=O)Nc1cccc(OC)c1)CCN2C. The van der Waals surface area contributed by atoms with E-state index in [4.69, 9.17) is 4.74 Å². The number of likely N-dealkylation sites (tertiary alicyclic amines) is 1. The largest absolute Gasteiger partial charge is 0.497 e. The summed E-state index contributed by atoms with van der Waals surface area (Å²) in [6, 6.07) is 7.28. The van der Waals surface area contributed by atoms with E-state index in [1.165, 1.54) is 0 Å². The maximum Gasteiger partial charge on any atom is 0.321 e. The van der Waals surface area contributed by atoms with Crippen LogP contribution in [0.15, 0.2) is 24.3 Å². The van der Waals surface area contributed by atoms with Crippen molar-refractivity contribution in [1.29, 1.82) is 0 Å². The van der Waals surface area contributed by atoms with Crippen molar-refractivity contribution in [2.24, 2.45) is 0 Å². The highest BCUT2D eigenvalue weighted by molar-refractivity contribution is 5.89. The van der Waals surface area contributed by atoms with Crippen LogP contribution in [0.2, 0.25) is 0 Å². The van der Waals surface area contributed by atoms with Gasteiger partial charge >= 0.3 is 6.03 Å². The topological polar surface area (TPSA) is 65.1 Å².